The Morgan fingerprint density at radius 2 is 1.73 bits per heavy atom. The molecule has 1 radical (unpaired) electrons. The molecule has 1 unspecified atom stereocenters. The van der Waals surface area contributed by atoms with Gasteiger partial charge in [-0.25, -0.2) is 8.42 Å². The van der Waals surface area contributed by atoms with Gasteiger partial charge in [-0.3, -0.25) is 4.74 Å². The van der Waals surface area contributed by atoms with E-state index < -0.39 is 21.9 Å². The minimum absolute atomic E-state index is 0.132. The third kappa shape index (κ3) is 3.56. The van der Waals surface area contributed by atoms with Crippen molar-refractivity contribution in [2.45, 2.75) is 12.0 Å². The second-order valence-corrected chi connectivity index (χ2v) is 4.56. The van der Waals surface area contributed by atoms with Gasteiger partial charge < -0.3 is 0 Å². The van der Waals surface area contributed by atoms with E-state index in [0.29, 0.717) is 0 Å². The van der Waals surface area contributed by atoms with E-state index in [0.717, 1.165) is 0 Å². The van der Waals surface area contributed by atoms with Gasteiger partial charge in [0.1, 0.15) is 0 Å². The van der Waals surface area contributed by atoms with Gasteiger partial charge in [-0.15, -0.1) is 0 Å². The molecule has 0 saturated carbocycles. The van der Waals surface area contributed by atoms with Gasteiger partial charge in [-0.2, -0.15) is 8.78 Å². The first-order valence-corrected chi connectivity index (χ1v) is 5.68. The molecular formula is C9H9F2O3S. The van der Waals surface area contributed by atoms with E-state index in [1.165, 1.54) is 24.3 Å². The van der Waals surface area contributed by atoms with Crippen LogP contribution in [0.15, 0.2) is 30.3 Å². The standard InChI is InChI=1S/C9H9F2O3S/c1-15(12,13)8(14-9(10)11)7-5-3-2-4-6-7/h2-6,8-9H,1H2. The van der Waals surface area contributed by atoms with Crippen LogP contribution in [0, 0.1) is 6.26 Å². The van der Waals surface area contributed by atoms with Gasteiger partial charge in [-0.1, -0.05) is 30.3 Å². The fourth-order valence-corrected chi connectivity index (χ4v) is 1.90. The van der Waals surface area contributed by atoms with Crippen molar-refractivity contribution in [3.05, 3.63) is 42.2 Å². The maximum absolute atomic E-state index is 12.0. The number of ether oxygens (including phenoxy) is 1. The predicted molar refractivity (Wildman–Crippen MR) is 50.5 cm³/mol. The van der Waals surface area contributed by atoms with Gasteiger partial charge in [0.25, 0.3) is 0 Å². The highest BCUT2D eigenvalue weighted by atomic mass is 32.2. The van der Waals surface area contributed by atoms with Gasteiger partial charge in [-0.05, 0) is 5.56 Å². The van der Waals surface area contributed by atoms with Gasteiger partial charge in [0, 0.05) is 0 Å². The molecule has 83 valence electrons. The lowest BCUT2D eigenvalue weighted by molar-refractivity contribution is -0.142. The minimum atomic E-state index is -3.97. The predicted octanol–water partition coefficient (Wildman–Crippen LogP) is 2.13. The number of halogens is 2. The molecular weight excluding hydrogens is 226 g/mol. The summed E-state index contributed by atoms with van der Waals surface area (Å²) in [5, 5.41) is 0. The van der Waals surface area contributed by atoms with E-state index in [9.17, 15) is 17.2 Å². The van der Waals surface area contributed by atoms with E-state index >= 15 is 0 Å². The summed E-state index contributed by atoms with van der Waals surface area (Å²) in [6.07, 6.45) is 2.81. The topological polar surface area (TPSA) is 43.4 Å². The number of benzene rings is 1. The fourth-order valence-electron chi connectivity index (χ4n) is 1.07. The minimum Gasteiger partial charge on any atom is -0.298 e. The Kier molecular flexibility index (Phi) is 3.76. The van der Waals surface area contributed by atoms with Gasteiger partial charge >= 0.3 is 6.61 Å². The molecule has 0 aliphatic carbocycles. The van der Waals surface area contributed by atoms with Crippen molar-refractivity contribution in [3.8, 4) is 0 Å². The molecule has 3 nitrogen and oxygen atoms in total. The lowest BCUT2D eigenvalue weighted by Gasteiger charge is -2.15. The van der Waals surface area contributed by atoms with E-state index in [4.69, 9.17) is 0 Å². The van der Waals surface area contributed by atoms with Gasteiger partial charge in [0.2, 0.25) is 0 Å². The molecule has 0 aromatic heterocycles. The normalized spacial score (nSPS) is 14.1. The summed E-state index contributed by atoms with van der Waals surface area (Å²) < 4.78 is 50.2. The van der Waals surface area contributed by atoms with Crippen molar-refractivity contribution >= 4 is 9.84 Å². The summed E-state index contributed by atoms with van der Waals surface area (Å²) in [4.78, 5) is 0. The smallest absolute Gasteiger partial charge is 0.298 e. The van der Waals surface area contributed by atoms with Crippen LogP contribution >= 0.6 is 0 Å². The Hall–Kier alpha value is -1.01. The molecule has 1 aromatic rings. The SMILES string of the molecule is [CH2]S(=O)(=O)C(OC(F)F)c1ccccc1. The highest BCUT2D eigenvalue weighted by molar-refractivity contribution is 7.92. The quantitative estimate of drug-likeness (QED) is 0.803. The fraction of sp³-hybridized carbons (Fsp3) is 0.222. The Morgan fingerprint density at radius 1 is 1.20 bits per heavy atom. The molecule has 6 heteroatoms. The van der Waals surface area contributed by atoms with Crippen LogP contribution in [0.4, 0.5) is 8.78 Å². The van der Waals surface area contributed by atoms with Crippen LogP contribution < -0.4 is 0 Å². The van der Waals surface area contributed by atoms with Crippen LogP contribution in [0.2, 0.25) is 0 Å². The van der Waals surface area contributed by atoms with Crippen LogP contribution in [0.1, 0.15) is 11.0 Å². The largest absolute Gasteiger partial charge is 0.346 e. The second-order valence-electron chi connectivity index (χ2n) is 2.80. The van der Waals surface area contributed by atoms with Crippen LogP contribution in [-0.4, -0.2) is 15.0 Å². The Morgan fingerprint density at radius 3 is 2.13 bits per heavy atom. The van der Waals surface area contributed by atoms with Gasteiger partial charge in [0.05, 0.1) is 6.26 Å². The first-order chi connectivity index (χ1) is 6.91. The van der Waals surface area contributed by atoms with Crippen molar-refractivity contribution in [1.29, 1.82) is 0 Å². The maximum atomic E-state index is 12.0. The van der Waals surface area contributed by atoms with Crippen molar-refractivity contribution in [1.82, 2.24) is 0 Å². The maximum Gasteiger partial charge on any atom is 0.346 e. The third-order valence-electron chi connectivity index (χ3n) is 1.62. The molecule has 1 rings (SSSR count). The third-order valence-corrected chi connectivity index (χ3v) is 2.66. The molecule has 1 aromatic carbocycles. The molecule has 0 fully saturated rings. The van der Waals surface area contributed by atoms with E-state index in [1.54, 1.807) is 6.07 Å². The Balaban J connectivity index is 3.03. The molecule has 0 bridgehead atoms. The van der Waals surface area contributed by atoms with Crippen molar-refractivity contribution in [3.63, 3.8) is 0 Å². The number of alkyl halides is 2. The van der Waals surface area contributed by atoms with Crippen LogP contribution in [0.3, 0.4) is 0 Å². The number of hydrogen-bond acceptors (Lipinski definition) is 3. The molecule has 0 aliphatic heterocycles. The summed E-state index contributed by atoms with van der Waals surface area (Å²) in [6.45, 7) is -3.16. The summed E-state index contributed by atoms with van der Waals surface area (Å²) >= 11 is 0. The summed E-state index contributed by atoms with van der Waals surface area (Å²) in [6, 6.07) is 7.47. The van der Waals surface area contributed by atoms with Crippen LogP contribution in [-0.2, 0) is 14.6 Å². The molecule has 0 spiro atoms. The lowest BCUT2D eigenvalue weighted by atomic mass is 10.2. The van der Waals surface area contributed by atoms with E-state index in [2.05, 4.69) is 11.0 Å². The molecule has 0 aliphatic rings. The number of sulfone groups is 1. The average Bonchev–Trinajstić information content (AvgIpc) is 2.14. The van der Waals surface area contributed by atoms with Crippen molar-refractivity contribution < 1.29 is 21.9 Å². The molecule has 0 amide bonds. The number of hydrogen-bond donors (Lipinski definition) is 0. The summed E-state index contributed by atoms with van der Waals surface area (Å²) in [5.41, 5.74) is -1.59. The zero-order valence-electron chi connectivity index (χ0n) is 7.64. The zero-order chi connectivity index (χ0) is 11.5. The van der Waals surface area contributed by atoms with E-state index in [1.807, 2.05) is 0 Å². The Bertz CT molecular complexity index is 403. The molecule has 0 saturated heterocycles. The molecule has 0 heterocycles. The van der Waals surface area contributed by atoms with Gasteiger partial charge in [0.15, 0.2) is 15.3 Å². The highest BCUT2D eigenvalue weighted by Gasteiger charge is 2.26. The van der Waals surface area contributed by atoms with E-state index in [-0.39, 0.29) is 5.56 Å². The monoisotopic (exact) mass is 235 g/mol. The second kappa shape index (κ2) is 4.67. The first kappa shape index (κ1) is 12.1. The Labute approximate surface area is 86.6 Å². The van der Waals surface area contributed by atoms with Crippen molar-refractivity contribution in [2.75, 3.05) is 0 Å². The average molecular weight is 235 g/mol. The molecule has 15 heavy (non-hydrogen) atoms. The highest BCUT2D eigenvalue weighted by Crippen LogP contribution is 2.25. The lowest BCUT2D eigenvalue weighted by Crippen LogP contribution is -2.16. The zero-order valence-corrected chi connectivity index (χ0v) is 8.45. The molecule has 1 atom stereocenters. The van der Waals surface area contributed by atoms with Crippen molar-refractivity contribution in [2.24, 2.45) is 0 Å². The van der Waals surface area contributed by atoms with Crippen LogP contribution in [0.5, 0.6) is 0 Å². The molecule has 0 N–H and O–H groups in total. The number of rotatable bonds is 4. The van der Waals surface area contributed by atoms with Crippen LogP contribution in [0.25, 0.3) is 0 Å². The first-order valence-electron chi connectivity index (χ1n) is 3.96. The summed E-state index contributed by atoms with van der Waals surface area (Å²) in [7, 11) is -3.97. The summed E-state index contributed by atoms with van der Waals surface area (Å²) in [5.74, 6) is 0.